The average Bonchev–Trinajstić information content (AvgIpc) is 3.45. The van der Waals surface area contributed by atoms with Crippen LogP contribution >= 0.6 is 0 Å². The van der Waals surface area contributed by atoms with Gasteiger partial charge in [0.2, 0.25) is 5.91 Å². The zero-order chi connectivity index (χ0) is 56.8. The molecule has 0 bridgehead atoms. The fourth-order valence-electron chi connectivity index (χ4n) is 10.8. The molecule has 9 unspecified atom stereocenters. The number of unbranched alkanes of at least 4 members (excludes halogenated alkanes) is 40. The van der Waals surface area contributed by atoms with Crippen LogP contribution in [0, 0.1) is 0 Å². The maximum absolute atomic E-state index is 13.2. The lowest BCUT2D eigenvalue weighted by Gasteiger charge is -2.40. The number of ether oxygens (including phenoxy) is 2. The van der Waals surface area contributed by atoms with Gasteiger partial charge in [0.25, 0.3) is 0 Å². The van der Waals surface area contributed by atoms with E-state index in [-0.39, 0.29) is 12.8 Å². The summed E-state index contributed by atoms with van der Waals surface area (Å²) in [4.78, 5) is 13.2. The molecule has 0 aromatic carbocycles. The first-order valence-electron chi connectivity index (χ1n) is 33.4. The molecule has 1 heterocycles. The largest absolute Gasteiger partial charge is 0.394 e. The number of rotatable bonds is 58. The number of carbonyl (C=O) groups is 1. The Labute approximate surface area is 479 Å². The summed E-state index contributed by atoms with van der Waals surface area (Å²) in [5.74, 6) is -0.703. The number of nitrogens with one attached hydrogen (secondary N) is 1. The first kappa shape index (κ1) is 74.3. The molecule has 1 aliphatic rings. The Kier molecular flexibility index (Phi) is 53.2. The van der Waals surface area contributed by atoms with Gasteiger partial charge in [0.05, 0.1) is 25.4 Å². The molecule has 1 saturated heterocycles. The maximum Gasteiger partial charge on any atom is 0.249 e. The van der Waals surface area contributed by atoms with E-state index in [1.165, 1.54) is 231 Å². The Morgan fingerprint density at radius 2 is 0.795 bits per heavy atom. The van der Waals surface area contributed by atoms with E-state index >= 15 is 0 Å². The monoisotopic (exact) mass is 1110 g/mol. The van der Waals surface area contributed by atoms with Crippen LogP contribution in [-0.2, 0) is 14.3 Å². The molecule has 460 valence electrons. The van der Waals surface area contributed by atoms with Crippen LogP contribution in [0.4, 0.5) is 0 Å². The zero-order valence-electron chi connectivity index (χ0n) is 50.7. The lowest BCUT2D eigenvalue weighted by atomic mass is 9.98. The number of amides is 1. The van der Waals surface area contributed by atoms with Crippen molar-refractivity contribution in [3.8, 4) is 0 Å². The highest BCUT2D eigenvalue weighted by atomic mass is 16.7. The molecule has 0 aromatic heterocycles. The van der Waals surface area contributed by atoms with Crippen LogP contribution < -0.4 is 5.32 Å². The van der Waals surface area contributed by atoms with E-state index in [4.69, 9.17) is 9.47 Å². The van der Waals surface area contributed by atoms with Crippen molar-refractivity contribution in [1.82, 2.24) is 5.32 Å². The maximum atomic E-state index is 13.2. The first-order valence-corrected chi connectivity index (χ1v) is 33.4. The Hall–Kier alpha value is -1.67. The van der Waals surface area contributed by atoms with Crippen molar-refractivity contribution >= 4 is 5.91 Å². The molecule has 1 fully saturated rings. The SMILES string of the molecule is CCCCCCCCCCCCC/C=C\C/C=C\CCCCCCCCCCCCCCCCCCC(O)C(=O)NC(COC1OC(CO)C(O)C(O)C1O)C(O)C(O)CCC/C=C/CCCCCCCCCCCCCC. The summed E-state index contributed by atoms with van der Waals surface area (Å²) in [6.07, 6.45) is 59.4. The van der Waals surface area contributed by atoms with Gasteiger partial charge in [-0.1, -0.05) is 281 Å². The molecule has 0 saturated carbocycles. The van der Waals surface area contributed by atoms with Crippen molar-refractivity contribution in [2.45, 2.75) is 371 Å². The second-order valence-corrected chi connectivity index (χ2v) is 23.5. The Bertz CT molecular complexity index is 1360. The molecule has 1 amide bonds. The molecule has 0 aromatic rings. The second kappa shape index (κ2) is 55.8. The lowest BCUT2D eigenvalue weighted by molar-refractivity contribution is -0.303. The normalized spacial score (nSPS) is 19.6. The van der Waals surface area contributed by atoms with Crippen LogP contribution in [0.3, 0.4) is 0 Å². The highest BCUT2D eigenvalue weighted by Crippen LogP contribution is 2.24. The molecule has 1 aliphatic heterocycles. The van der Waals surface area contributed by atoms with Gasteiger partial charge in [-0.3, -0.25) is 4.79 Å². The summed E-state index contributed by atoms with van der Waals surface area (Å²) in [5, 5.41) is 76.3. The van der Waals surface area contributed by atoms with Gasteiger partial charge in [-0.25, -0.2) is 0 Å². The standard InChI is InChI=1S/C67H127NO10/c1-3-5-7-9-11-13-15-17-19-21-22-23-24-25-26-27-28-29-30-31-32-33-34-35-36-37-39-41-43-45-47-49-51-53-55-60(71)66(76)68-58(57-77-67-65(75)64(74)63(73)61(56-69)78-67)62(72)59(70)54-52-50-48-46-44-42-40-38-20-18-16-14-12-10-8-6-4-2/h24-25,27-28,46,48,58-65,67,69-75H,3-23,26,29-45,47,49-57H2,1-2H3,(H,68,76)/b25-24-,28-27-,48-46+. The van der Waals surface area contributed by atoms with Crippen molar-refractivity contribution in [3.05, 3.63) is 36.5 Å². The molecule has 9 atom stereocenters. The van der Waals surface area contributed by atoms with E-state index in [0.29, 0.717) is 12.8 Å². The van der Waals surface area contributed by atoms with E-state index in [2.05, 4.69) is 55.6 Å². The van der Waals surface area contributed by atoms with Crippen molar-refractivity contribution in [1.29, 1.82) is 0 Å². The van der Waals surface area contributed by atoms with Crippen LogP contribution in [0.5, 0.6) is 0 Å². The first-order chi connectivity index (χ1) is 38.2. The summed E-state index contributed by atoms with van der Waals surface area (Å²) in [6, 6.07) is -1.18. The van der Waals surface area contributed by atoms with Crippen LogP contribution in [0.15, 0.2) is 36.5 Å². The average molecular weight is 1110 g/mol. The van der Waals surface area contributed by atoms with Crippen LogP contribution in [0.1, 0.15) is 316 Å². The summed E-state index contributed by atoms with van der Waals surface area (Å²) in [5.41, 5.74) is 0. The second-order valence-electron chi connectivity index (χ2n) is 23.5. The van der Waals surface area contributed by atoms with Crippen LogP contribution in [0.25, 0.3) is 0 Å². The van der Waals surface area contributed by atoms with E-state index in [1.807, 2.05) is 0 Å². The minimum atomic E-state index is -1.67. The molecule has 11 heteroatoms. The number of hydrogen-bond acceptors (Lipinski definition) is 10. The topological polar surface area (TPSA) is 189 Å². The summed E-state index contributed by atoms with van der Waals surface area (Å²) < 4.78 is 11.2. The van der Waals surface area contributed by atoms with Gasteiger partial charge >= 0.3 is 0 Å². The third-order valence-electron chi connectivity index (χ3n) is 16.2. The predicted molar refractivity (Wildman–Crippen MR) is 325 cm³/mol. The summed E-state index contributed by atoms with van der Waals surface area (Å²) >= 11 is 0. The molecule has 78 heavy (non-hydrogen) atoms. The fraction of sp³-hybridized carbons (Fsp3) is 0.896. The van der Waals surface area contributed by atoms with Crippen LogP contribution in [0.2, 0.25) is 0 Å². The number of carbonyl (C=O) groups excluding carboxylic acids is 1. The fourth-order valence-corrected chi connectivity index (χ4v) is 10.8. The van der Waals surface area contributed by atoms with Crippen molar-refractivity contribution in [3.63, 3.8) is 0 Å². The predicted octanol–water partition coefficient (Wildman–Crippen LogP) is 15.4. The van der Waals surface area contributed by atoms with Gasteiger partial charge in [-0.15, -0.1) is 0 Å². The zero-order valence-corrected chi connectivity index (χ0v) is 50.7. The number of hydrogen-bond donors (Lipinski definition) is 8. The smallest absolute Gasteiger partial charge is 0.249 e. The Balaban J connectivity index is 2.18. The number of aliphatic hydroxyl groups excluding tert-OH is 7. The van der Waals surface area contributed by atoms with E-state index in [1.54, 1.807) is 0 Å². The van der Waals surface area contributed by atoms with Gasteiger partial charge in [-0.2, -0.15) is 0 Å². The van der Waals surface area contributed by atoms with Gasteiger partial charge in [-0.05, 0) is 70.6 Å². The molecule has 1 rings (SSSR count). The number of aliphatic hydroxyl groups is 7. The van der Waals surface area contributed by atoms with Crippen molar-refractivity contribution in [2.75, 3.05) is 13.2 Å². The molecule has 8 N–H and O–H groups in total. The quantitative estimate of drug-likeness (QED) is 0.0215. The van der Waals surface area contributed by atoms with Gasteiger partial charge in [0.15, 0.2) is 6.29 Å². The van der Waals surface area contributed by atoms with Gasteiger partial charge in [0, 0.05) is 0 Å². The molecular weight excluding hydrogens is 979 g/mol. The molecular formula is C67H127NO10. The molecule has 0 aliphatic carbocycles. The number of allylic oxidation sites excluding steroid dienone is 6. The Morgan fingerprint density at radius 1 is 0.449 bits per heavy atom. The summed E-state index contributed by atoms with van der Waals surface area (Å²) in [6.45, 7) is 3.48. The van der Waals surface area contributed by atoms with Gasteiger partial charge in [0.1, 0.15) is 36.6 Å². The van der Waals surface area contributed by atoms with E-state index in [9.17, 15) is 40.5 Å². The van der Waals surface area contributed by atoms with Crippen LogP contribution in [-0.4, -0.2) is 110 Å². The molecule has 0 radical (unpaired) electrons. The van der Waals surface area contributed by atoms with Crippen molar-refractivity contribution < 1.29 is 50.0 Å². The third-order valence-corrected chi connectivity index (χ3v) is 16.2. The Morgan fingerprint density at radius 3 is 1.18 bits per heavy atom. The van der Waals surface area contributed by atoms with Gasteiger partial charge < -0.3 is 50.5 Å². The van der Waals surface area contributed by atoms with Crippen molar-refractivity contribution in [2.24, 2.45) is 0 Å². The highest BCUT2D eigenvalue weighted by molar-refractivity contribution is 5.80. The van der Waals surface area contributed by atoms with E-state index < -0.39 is 74.2 Å². The minimum Gasteiger partial charge on any atom is -0.394 e. The molecule has 0 spiro atoms. The minimum absolute atomic E-state index is 0.255. The summed E-state index contributed by atoms with van der Waals surface area (Å²) in [7, 11) is 0. The lowest BCUT2D eigenvalue weighted by Crippen LogP contribution is -2.60. The van der Waals surface area contributed by atoms with E-state index in [0.717, 1.165) is 44.9 Å². The third kappa shape index (κ3) is 43.1. The molecule has 11 nitrogen and oxygen atoms in total. The highest BCUT2D eigenvalue weighted by Gasteiger charge is 2.44.